The molecule has 0 saturated heterocycles. The number of hydrogen-bond donors (Lipinski definition) is 0. The molecule has 5 heteroatoms. The average molecular weight is 327 g/mol. The lowest BCUT2D eigenvalue weighted by Gasteiger charge is -2.39. The van der Waals surface area contributed by atoms with E-state index in [0.29, 0.717) is 6.04 Å². The Kier molecular flexibility index (Phi) is 3.68. The second-order valence-corrected chi connectivity index (χ2v) is 7.69. The maximum atomic E-state index is 13.4. The molecule has 1 aromatic carbocycles. The molecule has 0 unspecified atom stereocenters. The van der Waals surface area contributed by atoms with Crippen molar-refractivity contribution in [3.8, 4) is 0 Å². The first-order valence-electron chi connectivity index (χ1n) is 8.23. The van der Waals surface area contributed by atoms with Gasteiger partial charge in [-0.25, -0.2) is 4.68 Å². The summed E-state index contributed by atoms with van der Waals surface area (Å²) in [6, 6.07) is 10.9. The predicted octanol–water partition coefficient (Wildman–Crippen LogP) is 3.60. The van der Waals surface area contributed by atoms with E-state index in [1.807, 2.05) is 21.7 Å². The molecule has 23 heavy (non-hydrogen) atoms. The fourth-order valence-electron chi connectivity index (χ4n) is 3.82. The third-order valence-corrected chi connectivity index (χ3v) is 6.12. The largest absolute Gasteiger partial charge is 0.293 e. The number of thioether (sulfide) groups is 1. The Hall–Kier alpha value is -1.75. The molecule has 3 atom stereocenters. The molecule has 1 aromatic heterocycles. The van der Waals surface area contributed by atoms with E-state index >= 15 is 0 Å². The van der Waals surface area contributed by atoms with Crippen LogP contribution in [0.25, 0.3) is 0 Å². The van der Waals surface area contributed by atoms with E-state index in [2.05, 4.69) is 37.1 Å². The zero-order chi connectivity index (χ0) is 16.0. The number of carbonyl (C=O) groups is 1. The van der Waals surface area contributed by atoms with Gasteiger partial charge in [-0.1, -0.05) is 24.3 Å². The minimum atomic E-state index is -0.0980. The number of hydrogen-bond acceptors (Lipinski definition) is 3. The molecule has 4 rings (SSSR count). The van der Waals surface area contributed by atoms with E-state index in [1.165, 1.54) is 11.1 Å². The average Bonchev–Trinajstić information content (AvgIpc) is 3.04. The van der Waals surface area contributed by atoms with Crippen molar-refractivity contribution in [1.29, 1.82) is 0 Å². The molecule has 2 aliphatic heterocycles. The first-order valence-corrected chi connectivity index (χ1v) is 9.27. The summed E-state index contributed by atoms with van der Waals surface area (Å²) in [6.07, 6.45) is 3.79. The lowest BCUT2D eigenvalue weighted by atomic mass is 9.99. The fourth-order valence-corrected chi connectivity index (χ4v) is 5.06. The van der Waals surface area contributed by atoms with Gasteiger partial charge in [0.1, 0.15) is 11.1 Å². The maximum absolute atomic E-state index is 13.4. The van der Waals surface area contributed by atoms with Crippen LogP contribution >= 0.6 is 11.8 Å². The monoisotopic (exact) mass is 327 g/mol. The topological polar surface area (TPSA) is 38.1 Å². The standard InChI is InChI=1S/C18H21N3OS/c1-12-11-13(2)21-16(7-9-19-21)20(12)18(22)17-15-6-4-3-5-14(15)8-10-23-17/h3-7,9,12-13,17H,8,10-11H2,1-2H3/t12-,13-,17+/m1/s1. The van der Waals surface area contributed by atoms with Crippen LogP contribution < -0.4 is 4.90 Å². The van der Waals surface area contributed by atoms with Gasteiger partial charge in [0.15, 0.2) is 0 Å². The first-order chi connectivity index (χ1) is 11.2. The van der Waals surface area contributed by atoms with Crippen molar-refractivity contribution >= 4 is 23.5 Å². The molecule has 0 fully saturated rings. The second-order valence-electron chi connectivity index (χ2n) is 6.48. The van der Waals surface area contributed by atoms with Crippen LogP contribution in [0.2, 0.25) is 0 Å². The zero-order valence-corrected chi connectivity index (χ0v) is 14.3. The fraction of sp³-hybridized carbons (Fsp3) is 0.444. The van der Waals surface area contributed by atoms with Crippen LogP contribution in [0.1, 0.15) is 42.7 Å². The van der Waals surface area contributed by atoms with Crippen LogP contribution in [0.3, 0.4) is 0 Å². The van der Waals surface area contributed by atoms with Crippen molar-refractivity contribution in [1.82, 2.24) is 9.78 Å². The summed E-state index contributed by atoms with van der Waals surface area (Å²) in [7, 11) is 0. The van der Waals surface area contributed by atoms with Gasteiger partial charge >= 0.3 is 0 Å². The molecule has 2 aliphatic rings. The summed E-state index contributed by atoms with van der Waals surface area (Å²) in [4.78, 5) is 15.3. The van der Waals surface area contributed by atoms with Gasteiger partial charge in [0.2, 0.25) is 5.91 Å². The summed E-state index contributed by atoms with van der Waals surface area (Å²) in [5.41, 5.74) is 2.50. The van der Waals surface area contributed by atoms with E-state index in [1.54, 1.807) is 18.0 Å². The van der Waals surface area contributed by atoms with Crippen molar-refractivity contribution in [2.24, 2.45) is 0 Å². The van der Waals surface area contributed by atoms with Gasteiger partial charge in [-0.2, -0.15) is 5.10 Å². The molecule has 120 valence electrons. The number of benzene rings is 1. The Balaban J connectivity index is 1.72. The lowest BCUT2D eigenvalue weighted by Crippen LogP contribution is -2.47. The van der Waals surface area contributed by atoms with Crippen molar-refractivity contribution in [2.45, 2.75) is 44.0 Å². The highest BCUT2D eigenvalue weighted by molar-refractivity contribution is 8.00. The zero-order valence-electron chi connectivity index (χ0n) is 13.5. The number of nitrogens with zero attached hydrogens (tertiary/aromatic N) is 3. The third kappa shape index (κ3) is 2.38. The van der Waals surface area contributed by atoms with Gasteiger partial charge < -0.3 is 0 Å². The van der Waals surface area contributed by atoms with Crippen LogP contribution in [-0.2, 0) is 11.2 Å². The van der Waals surface area contributed by atoms with Gasteiger partial charge in [0.05, 0.1) is 12.2 Å². The Morgan fingerprint density at radius 1 is 1.22 bits per heavy atom. The molecular formula is C18H21N3OS. The van der Waals surface area contributed by atoms with Crippen LogP contribution in [0.4, 0.5) is 5.82 Å². The molecule has 0 radical (unpaired) electrons. The number of aryl methyl sites for hydroxylation is 1. The molecule has 3 heterocycles. The molecule has 0 N–H and O–H groups in total. The normalized spacial score (nSPS) is 26.5. The Bertz CT molecular complexity index is 741. The molecule has 2 aromatic rings. The minimum Gasteiger partial charge on any atom is -0.293 e. The first kappa shape index (κ1) is 14.8. The Morgan fingerprint density at radius 3 is 2.91 bits per heavy atom. The number of amides is 1. The highest BCUT2D eigenvalue weighted by Gasteiger charge is 2.38. The maximum Gasteiger partial charge on any atom is 0.246 e. The van der Waals surface area contributed by atoms with Crippen LogP contribution in [-0.4, -0.2) is 27.5 Å². The molecule has 1 amide bonds. The Labute approximate surface area is 140 Å². The van der Waals surface area contributed by atoms with Gasteiger partial charge in [0, 0.05) is 12.1 Å². The van der Waals surface area contributed by atoms with E-state index in [4.69, 9.17) is 0 Å². The minimum absolute atomic E-state index is 0.0980. The molecule has 4 nitrogen and oxygen atoms in total. The number of aromatic nitrogens is 2. The summed E-state index contributed by atoms with van der Waals surface area (Å²) in [5.74, 6) is 2.14. The molecule has 0 aliphatic carbocycles. The van der Waals surface area contributed by atoms with Crippen LogP contribution in [0.5, 0.6) is 0 Å². The van der Waals surface area contributed by atoms with Gasteiger partial charge in [-0.05, 0) is 43.6 Å². The number of carbonyl (C=O) groups excluding carboxylic acids is 1. The van der Waals surface area contributed by atoms with Crippen LogP contribution in [0, 0.1) is 0 Å². The van der Waals surface area contributed by atoms with Gasteiger partial charge in [-0.3, -0.25) is 9.69 Å². The van der Waals surface area contributed by atoms with Crippen LogP contribution in [0.15, 0.2) is 36.5 Å². The summed E-state index contributed by atoms with van der Waals surface area (Å²) >= 11 is 1.77. The number of anilines is 1. The Morgan fingerprint density at radius 2 is 2.04 bits per heavy atom. The van der Waals surface area contributed by atoms with E-state index < -0.39 is 0 Å². The molecule has 0 saturated carbocycles. The van der Waals surface area contributed by atoms with E-state index in [0.717, 1.165) is 24.4 Å². The number of rotatable bonds is 1. The summed E-state index contributed by atoms with van der Waals surface area (Å²) in [5, 5.41) is 4.31. The molecular weight excluding hydrogens is 306 g/mol. The lowest BCUT2D eigenvalue weighted by molar-refractivity contribution is -0.119. The van der Waals surface area contributed by atoms with Crippen molar-refractivity contribution in [3.05, 3.63) is 47.7 Å². The molecule has 0 bridgehead atoms. The van der Waals surface area contributed by atoms with Crippen molar-refractivity contribution in [3.63, 3.8) is 0 Å². The predicted molar refractivity (Wildman–Crippen MR) is 93.8 cm³/mol. The number of fused-ring (bicyclic) bond motifs is 2. The quantitative estimate of drug-likeness (QED) is 0.803. The highest BCUT2D eigenvalue weighted by atomic mass is 32.2. The summed E-state index contributed by atoms with van der Waals surface area (Å²) < 4.78 is 1.98. The highest BCUT2D eigenvalue weighted by Crippen LogP contribution is 2.41. The molecule has 0 spiro atoms. The smallest absolute Gasteiger partial charge is 0.246 e. The van der Waals surface area contributed by atoms with Gasteiger partial charge in [0.25, 0.3) is 0 Å². The SMILES string of the molecule is C[C@@H]1C[C@@H](C)n2nccc2N1C(=O)[C@H]1SCCc2ccccc21. The summed E-state index contributed by atoms with van der Waals surface area (Å²) in [6.45, 7) is 4.31. The van der Waals surface area contributed by atoms with Crippen molar-refractivity contribution < 1.29 is 4.79 Å². The third-order valence-electron chi connectivity index (χ3n) is 4.89. The van der Waals surface area contributed by atoms with Crippen molar-refractivity contribution in [2.75, 3.05) is 10.7 Å². The van der Waals surface area contributed by atoms with Gasteiger partial charge in [-0.15, -0.1) is 11.8 Å². The second kappa shape index (κ2) is 5.71. The van der Waals surface area contributed by atoms with E-state index in [9.17, 15) is 4.79 Å². The van der Waals surface area contributed by atoms with E-state index in [-0.39, 0.29) is 17.2 Å².